The number of methoxy groups -OCH3 is 1. The van der Waals surface area contributed by atoms with Gasteiger partial charge in [0.05, 0.1) is 12.8 Å². The van der Waals surface area contributed by atoms with Crippen molar-refractivity contribution in [1.29, 1.82) is 0 Å². The number of benzene rings is 2. The molecule has 0 aliphatic carbocycles. The van der Waals surface area contributed by atoms with Gasteiger partial charge in [-0.3, -0.25) is 9.69 Å². The molecule has 0 N–H and O–H groups in total. The number of carbonyl (C=O) groups is 1. The second kappa shape index (κ2) is 7.72. The minimum Gasteiger partial charge on any atom is -0.497 e. The van der Waals surface area contributed by atoms with Crippen LogP contribution in [0.4, 0.5) is 15.2 Å². The standard InChI is InChI=1S/C19H15FN2O2S/c1-24-17-4-2-3-14(13-17)5-10-18(23)22(19-21-11-12-25-19)16-8-6-15(20)7-9-16/h2-13H,1H3. The molecule has 0 saturated heterocycles. The molecule has 1 amide bonds. The molecule has 0 unspecified atom stereocenters. The number of halogens is 1. The topological polar surface area (TPSA) is 42.4 Å². The van der Waals surface area contributed by atoms with E-state index in [1.54, 1.807) is 36.9 Å². The van der Waals surface area contributed by atoms with Crippen LogP contribution < -0.4 is 9.64 Å². The molecule has 0 spiro atoms. The van der Waals surface area contributed by atoms with Crippen LogP contribution in [-0.4, -0.2) is 18.0 Å². The van der Waals surface area contributed by atoms with Crippen molar-refractivity contribution in [3.05, 3.63) is 77.6 Å². The number of hydrogen-bond donors (Lipinski definition) is 0. The molecule has 0 radical (unpaired) electrons. The Labute approximate surface area is 148 Å². The van der Waals surface area contributed by atoms with E-state index in [0.29, 0.717) is 16.6 Å². The third kappa shape index (κ3) is 4.10. The number of rotatable bonds is 5. The smallest absolute Gasteiger partial charge is 0.257 e. The van der Waals surface area contributed by atoms with Gasteiger partial charge in [0.2, 0.25) is 0 Å². The zero-order chi connectivity index (χ0) is 17.6. The van der Waals surface area contributed by atoms with E-state index in [-0.39, 0.29) is 11.7 Å². The maximum atomic E-state index is 13.2. The zero-order valence-corrected chi connectivity index (χ0v) is 14.2. The molecule has 25 heavy (non-hydrogen) atoms. The quantitative estimate of drug-likeness (QED) is 0.625. The van der Waals surface area contributed by atoms with Gasteiger partial charge < -0.3 is 4.74 Å². The largest absolute Gasteiger partial charge is 0.497 e. The van der Waals surface area contributed by atoms with Gasteiger partial charge >= 0.3 is 0 Å². The molecule has 2 aromatic carbocycles. The Morgan fingerprint density at radius 3 is 2.72 bits per heavy atom. The summed E-state index contributed by atoms with van der Waals surface area (Å²) >= 11 is 1.33. The summed E-state index contributed by atoms with van der Waals surface area (Å²) in [4.78, 5) is 18.4. The lowest BCUT2D eigenvalue weighted by molar-refractivity contribution is -0.113. The van der Waals surface area contributed by atoms with Gasteiger partial charge in [0.1, 0.15) is 11.6 Å². The number of hydrogen-bond acceptors (Lipinski definition) is 4. The van der Waals surface area contributed by atoms with Gasteiger partial charge in [0, 0.05) is 17.7 Å². The average molecular weight is 354 g/mol. The van der Waals surface area contributed by atoms with Crippen molar-refractivity contribution >= 4 is 34.1 Å². The number of carbonyl (C=O) groups excluding carboxylic acids is 1. The van der Waals surface area contributed by atoms with Gasteiger partial charge in [-0.05, 0) is 48.0 Å². The Morgan fingerprint density at radius 1 is 1.24 bits per heavy atom. The highest BCUT2D eigenvalue weighted by atomic mass is 32.1. The molecule has 6 heteroatoms. The number of anilines is 2. The van der Waals surface area contributed by atoms with Gasteiger partial charge in [-0.15, -0.1) is 11.3 Å². The lowest BCUT2D eigenvalue weighted by Crippen LogP contribution is -2.23. The second-order valence-corrected chi connectivity index (χ2v) is 5.95. The first-order valence-electron chi connectivity index (χ1n) is 7.48. The number of ether oxygens (including phenoxy) is 1. The van der Waals surface area contributed by atoms with E-state index in [9.17, 15) is 9.18 Å². The molecular formula is C19H15FN2O2S. The SMILES string of the molecule is COc1cccc(C=CC(=O)N(c2ccc(F)cc2)c2nccs2)c1. The number of thiazole rings is 1. The molecule has 126 valence electrons. The van der Waals surface area contributed by atoms with Crippen LogP contribution in [0.25, 0.3) is 6.08 Å². The van der Waals surface area contributed by atoms with Crippen LogP contribution in [-0.2, 0) is 4.79 Å². The van der Waals surface area contributed by atoms with E-state index in [4.69, 9.17) is 4.74 Å². The Hall–Kier alpha value is -2.99. The van der Waals surface area contributed by atoms with Gasteiger partial charge in [0.15, 0.2) is 5.13 Å². The van der Waals surface area contributed by atoms with E-state index in [1.807, 2.05) is 24.3 Å². The lowest BCUT2D eigenvalue weighted by Gasteiger charge is -2.18. The van der Waals surface area contributed by atoms with Crippen LogP contribution in [0.2, 0.25) is 0 Å². The van der Waals surface area contributed by atoms with Gasteiger partial charge in [-0.1, -0.05) is 12.1 Å². The van der Waals surface area contributed by atoms with Gasteiger partial charge in [-0.25, -0.2) is 9.37 Å². The number of aromatic nitrogens is 1. The van der Waals surface area contributed by atoms with E-state index in [1.165, 1.54) is 34.4 Å². The van der Waals surface area contributed by atoms with Crippen molar-refractivity contribution in [2.75, 3.05) is 12.0 Å². The minimum absolute atomic E-state index is 0.274. The molecule has 0 aliphatic heterocycles. The predicted octanol–water partition coefficient (Wildman–Crippen LogP) is 4.67. The Kier molecular flexibility index (Phi) is 5.20. The zero-order valence-electron chi connectivity index (χ0n) is 13.4. The third-order valence-corrected chi connectivity index (χ3v) is 4.18. The minimum atomic E-state index is -0.359. The Bertz CT molecular complexity index is 877. The summed E-state index contributed by atoms with van der Waals surface area (Å²) < 4.78 is 18.4. The lowest BCUT2D eigenvalue weighted by atomic mass is 10.2. The molecule has 1 heterocycles. The van der Waals surface area contributed by atoms with Crippen LogP contribution in [0.3, 0.4) is 0 Å². The average Bonchev–Trinajstić information content (AvgIpc) is 3.16. The second-order valence-electron chi connectivity index (χ2n) is 5.07. The Morgan fingerprint density at radius 2 is 2.04 bits per heavy atom. The highest BCUT2D eigenvalue weighted by Gasteiger charge is 2.18. The number of nitrogens with zero attached hydrogens (tertiary/aromatic N) is 2. The van der Waals surface area contributed by atoms with E-state index in [2.05, 4.69) is 4.98 Å². The van der Waals surface area contributed by atoms with E-state index < -0.39 is 0 Å². The highest BCUT2D eigenvalue weighted by Crippen LogP contribution is 2.28. The molecule has 3 rings (SSSR count). The van der Waals surface area contributed by atoms with Crippen LogP contribution >= 0.6 is 11.3 Å². The predicted molar refractivity (Wildman–Crippen MR) is 97.7 cm³/mol. The first-order valence-corrected chi connectivity index (χ1v) is 8.36. The van der Waals surface area contributed by atoms with E-state index in [0.717, 1.165) is 5.56 Å². The molecule has 0 aliphatic rings. The summed E-state index contributed by atoms with van der Waals surface area (Å²) in [5.74, 6) is 0.0801. The van der Waals surface area contributed by atoms with Crippen molar-refractivity contribution < 1.29 is 13.9 Å². The maximum absolute atomic E-state index is 13.2. The molecule has 0 bridgehead atoms. The van der Waals surface area contributed by atoms with Crippen molar-refractivity contribution in [1.82, 2.24) is 4.98 Å². The molecule has 0 fully saturated rings. The summed E-state index contributed by atoms with van der Waals surface area (Å²) in [5, 5.41) is 2.30. The normalized spacial score (nSPS) is 10.8. The van der Waals surface area contributed by atoms with Gasteiger partial charge in [0.25, 0.3) is 5.91 Å². The van der Waals surface area contributed by atoms with Crippen molar-refractivity contribution in [3.8, 4) is 5.75 Å². The van der Waals surface area contributed by atoms with Crippen molar-refractivity contribution in [3.63, 3.8) is 0 Å². The van der Waals surface area contributed by atoms with Crippen LogP contribution in [0, 0.1) is 5.82 Å². The fourth-order valence-electron chi connectivity index (χ4n) is 2.24. The fourth-order valence-corrected chi connectivity index (χ4v) is 2.90. The molecule has 3 aromatic rings. The van der Waals surface area contributed by atoms with Crippen LogP contribution in [0.15, 0.2) is 66.2 Å². The van der Waals surface area contributed by atoms with Gasteiger partial charge in [-0.2, -0.15) is 0 Å². The first-order chi connectivity index (χ1) is 12.2. The maximum Gasteiger partial charge on any atom is 0.257 e. The molecule has 0 saturated carbocycles. The monoisotopic (exact) mass is 354 g/mol. The summed E-state index contributed by atoms with van der Waals surface area (Å²) in [6.07, 6.45) is 4.78. The third-order valence-electron chi connectivity index (χ3n) is 3.43. The highest BCUT2D eigenvalue weighted by molar-refractivity contribution is 7.13. The summed E-state index contributed by atoms with van der Waals surface area (Å²) in [5.41, 5.74) is 1.39. The van der Waals surface area contributed by atoms with E-state index >= 15 is 0 Å². The Balaban J connectivity index is 1.89. The summed E-state index contributed by atoms with van der Waals surface area (Å²) in [6, 6.07) is 13.1. The summed E-state index contributed by atoms with van der Waals surface area (Å²) in [7, 11) is 1.59. The fraction of sp³-hybridized carbons (Fsp3) is 0.0526. The summed E-state index contributed by atoms with van der Waals surface area (Å²) in [6.45, 7) is 0. The molecule has 0 atom stereocenters. The number of amides is 1. The van der Waals surface area contributed by atoms with Crippen LogP contribution in [0.5, 0.6) is 5.75 Å². The molecule has 4 nitrogen and oxygen atoms in total. The molecule has 1 aromatic heterocycles. The molecular weight excluding hydrogens is 339 g/mol. The van der Waals surface area contributed by atoms with Crippen LogP contribution in [0.1, 0.15) is 5.56 Å². The first kappa shape index (κ1) is 16.9. The van der Waals surface area contributed by atoms with Crippen molar-refractivity contribution in [2.24, 2.45) is 0 Å². The van der Waals surface area contributed by atoms with Crippen molar-refractivity contribution in [2.45, 2.75) is 0 Å².